The topological polar surface area (TPSA) is 112 Å². The zero-order valence-corrected chi connectivity index (χ0v) is 19.7. The molecule has 170 valence electrons. The second-order valence-electron chi connectivity index (χ2n) is 8.68. The van der Waals surface area contributed by atoms with Gasteiger partial charge in [0.05, 0.1) is 22.3 Å². The third-order valence-corrected chi connectivity index (χ3v) is 6.62. The molecule has 32 heavy (non-hydrogen) atoms. The Morgan fingerprint density at radius 2 is 1.84 bits per heavy atom. The number of hydrogen-bond donors (Lipinski definition) is 2. The molecule has 0 bridgehead atoms. The quantitative estimate of drug-likeness (QED) is 0.592. The number of H-pyrrole nitrogens is 1. The molecule has 0 atom stereocenters. The Labute approximate surface area is 187 Å². The lowest BCUT2D eigenvalue weighted by molar-refractivity contribution is 0.0747. The number of rotatable bonds is 6. The molecule has 9 heteroatoms. The molecule has 2 N–H and O–H groups in total. The Kier molecular flexibility index (Phi) is 6.52. The van der Waals surface area contributed by atoms with Crippen molar-refractivity contribution in [2.24, 2.45) is 0 Å². The first-order chi connectivity index (χ1) is 14.9. The van der Waals surface area contributed by atoms with Crippen molar-refractivity contribution in [2.75, 3.05) is 6.54 Å². The largest absolute Gasteiger partial charge is 0.331 e. The summed E-state index contributed by atoms with van der Waals surface area (Å²) in [4.78, 5) is 34.4. The van der Waals surface area contributed by atoms with E-state index in [4.69, 9.17) is 0 Å². The predicted molar refractivity (Wildman–Crippen MR) is 124 cm³/mol. The van der Waals surface area contributed by atoms with E-state index in [2.05, 4.69) is 14.7 Å². The van der Waals surface area contributed by atoms with Gasteiger partial charge in [-0.25, -0.2) is 18.1 Å². The number of amides is 1. The number of carbonyl (C=O) groups excluding carboxylic acids is 1. The average molecular weight is 457 g/mol. The van der Waals surface area contributed by atoms with Gasteiger partial charge in [0.25, 0.3) is 11.5 Å². The summed E-state index contributed by atoms with van der Waals surface area (Å²) in [7, 11) is -3.79. The van der Waals surface area contributed by atoms with Crippen LogP contribution in [0.1, 0.15) is 49.4 Å². The maximum absolute atomic E-state index is 13.3. The van der Waals surface area contributed by atoms with Crippen LogP contribution in [-0.4, -0.2) is 41.3 Å². The number of nitrogens with one attached hydrogen (secondary N) is 2. The van der Waals surface area contributed by atoms with Gasteiger partial charge >= 0.3 is 0 Å². The molecule has 1 aromatic heterocycles. The molecule has 0 saturated heterocycles. The molecule has 3 aromatic rings. The standard InChI is InChI=1S/C23H28N4O4S/c1-6-27(14-20-24-19-10-8-7-9-17(19)21(28)25-20)22(29)18-13-16(12-11-15(18)2)32(30,31)26-23(3,4)5/h7-13,26H,6,14H2,1-5H3,(H,24,25,28). The molecule has 0 unspecified atom stereocenters. The summed E-state index contributed by atoms with van der Waals surface area (Å²) in [6.45, 7) is 9.26. The SMILES string of the molecule is CCN(Cc1nc2ccccc2c(=O)[nH]1)C(=O)c1cc(S(=O)(=O)NC(C)(C)C)ccc1C. The van der Waals surface area contributed by atoms with Crippen molar-refractivity contribution < 1.29 is 13.2 Å². The van der Waals surface area contributed by atoms with Crippen LogP contribution < -0.4 is 10.3 Å². The average Bonchev–Trinajstić information content (AvgIpc) is 2.70. The van der Waals surface area contributed by atoms with Crippen molar-refractivity contribution >= 4 is 26.8 Å². The van der Waals surface area contributed by atoms with E-state index < -0.39 is 15.6 Å². The molecule has 0 spiro atoms. The molecule has 0 aliphatic heterocycles. The van der Waals surface area contributed by atoms with E-state index in [0.717, 1.165) is 0 Å². The minimum absolute atomic E-state index is 0.0228. The summed E-state index contributed by atoms with van der Waals surface area (Å²) >= 11 is 0. The number of carbonyl (C=O) groups is 1. The smallest absolute Gasteiger partial charge is 0.258 e. The number of aryl methyl sites for hydroxylation is 1. The normalized spacial score (nSPS) is 12.2. The molecular formula is C23H28N4O4S. The number of aromatic nitrogens is 2. The van der Waals surface area contributed by atoms with Crippen LogP contribution in [0.2, 0.25) is 0 Å². The summed E-state index contributed by atoms with van der Waals surface area (Å²) < 4.78 is 28.1. The van der Waals surface area contributed by atoms with Crippen molar-refractivity contribution in [3.63, 3.8) is 0 Å². The van der Waals surface area contributed by atoms with E-state index in [1.54, 1.807) is 58.0 Å². The van der Waals surface area contributed by atoms with Crippen LogP contribution in [-0.2, 0) is 16.6 Å². The first-order valence-corrected chi connectivity index (χ1v) is 11.8. The van der Waals surface area contributed by atoms with Crippen LogP contribution in [0.4, 0.5) is 0 Å². The molecular weight excluding hydrogens is 428 g/mol. The van der Waals surface area contributed by atoms with Crippen molar-refractivity contribution in [1.29, 1.82) is 0 Å². The molecule has 8 nitrogen and oxygen atoms in total. The van der Waals surface area contributed by atoms with Crippen LogP contribution in [0.3, 0.4) is 0 Å². The molecule has 0 saturated carbocycles. The lowest BCUT2D eigenvalue weighted by Gasteiger charge is -2.23. The molecule has 3 rings (SSSR count). The molecule has 1 heterocycles. The monoisotopic (exact) mass is 456 g/mol. The molecule has 0 aliphatic rings. The lowest BCUT2D eigenvalue weighted by atomic mass is 10.1. The van der Waals surface area contributed by atoms with Gasteiger partial charge in [-0.3, -0.25) is 9.59 Å². The second-order valence-corrected chi connectivity index (χ2v) is 10.4. The maximum atomic E-state index is 13.3. The van der Waals surface area contributed by atoms with Crippen LogP contribution >= 0.6 is 0 Å². The minimum Gasteiger partial charge on any atom is -0.331 e. The number of sulfonamides is 1. The Balaban J connectivity index is 1.94. The zero-order chi connectivity index (χ0) is 23.7. The van der Waals surface area contributed by atoms with Crippen molar-refractivity contribution in [1.82, 2.24) is 19.6 Å². The van der Waals surface area contributed by atoms with Gasteiger partial charge in [0.15, 0.2) is 0 Å². The van der Waals surface area contributed by atoms with E-state index >= 15 is 0 Å². The summed E-state index contributed by atoms with van der Waals surface area (Å²) in [6, 6.07) is 11.5. The Morgan fingerprint density at radius 3 is 2.50 bits per heavy atom. The number of fused-ring (bicyclic) bond motifs is 1. The third kappa shape index (κ3) is 5.23. The molecule has 0 fully saturated rings. The first-order valence-electron chi connectivity index (χ1n) is 10.3. The van der Waals surface area contributed by atoms with E-state index in [-0.39, 0.29) is 28.5 Å². The number of nitrogens with zero attached hydrogens (tertiary/aromatic N) is 2. The number of hydrogen-bond acceptors (Lipinski definition) is 5. The molecule has 0 radical (unpaired) electrons. The highest BCUT2D eigenvalue weighted by Gasteiger charge is 2.25. The highest BCUT2D eigenvalue weighted by molar-refractivity contribution is 7.89. The number of aromatic amines is 1. The number of benzene rings is 2. The van der Waals surface area contributed by atoms with E-state index in [1.165, 1.54) is 17.0 Å². The van der Waals surface area contributed by atoms with E-state index in [0.29, 0.717) is 28.8 Å². The van der Waals surface area contributed by atoms with E-state index in [1.807, 2.05) is 6.92 Å². The lowest BCUT2D eigenvalue weighted by Crippen LogP contribution is -2.40. The van der Waals surface area contributed by atoms with Gasteiger partial charge in [0.1, 0.15) is 5.82 Å². The maximum Gasteiger partial charge on any atom is 0.258 e. The fourth-order valence-corrected chi connectivity index (χ4v) is 4.79. The van der Waals surface area contributed by atoms with Crippen LogP contribution in [0, 0.1) is 6.92 Å². The van der Waals surface area contributed by atoms with Gasteiger partial charge in [0.2, 0.25) is 10.0 Å². The van der Waals surface area contributed by atoms with Crippen LogP contribution in [0.15, 0.2) is 52.2 Å². The van der Waals surface area contributed by atoms with Gasteiger partial charge in [-0.2, -0.15) is 0 Å². The van der Waals surface area contributed by atoms with Gasteiger partial charge in [-0.1, -0.05) is 18.2 Å². The van der Waals surface area contributed by atoms with Crippen LogP contribution in [0.5, 0.6) is 0 Å². The molecule has 1 amide bonds. The fourth-order valence-electron chi connectivity index (χ4n) is 3.35. The Bertz CT molecular complexity index is 1320. The van der Waals surface area contributed by atoms with Gasteiger partial charge in [-0.15, -0.1) is 0 Å². The summed E-state index contributed by atoms with van der Waals surface area (Å²) in [5, 5.41) is 0.478. The third-order valence-electron chi connectivity index (χ3n) is 4.86. The highest BCUT2D eigenvalue weighted by atomic mass is 32.2. The van der Waals surface area contributed by atoms with Gasteiger partial charge in [-0.05, 0) is 64.4 Å². The summed E-state index contributed by atoms with van der Waals surface area (Å²) in [6.07, 6.45) is 0. The summed E-state index contributed by atoms with van der Waals surface area (Å²) in [5.74, 6) is 0.0216. The van der Waals surface area contributed by atoms with Crippen molar-refractivity contribution in [3.8, 4) is 0 Å². The van der Waals surface area contributed by atoms with Crippen molar-refractivity contribution in [2.45, 2.75) is 51.6 Å². The Morgan fingerprint density at radius 1 is 1.16 bits per heavy atom. The predicted octanol–water partition coefficient (Wildman–Crippen LogP) is 2.97. The molecule has 2 aromatic carbocycles. The summed E-state index contributed by atoms with van der Waals surface area (Å²) in [5.41, 5.74) is 0.561. The molecule has 0 aliphatic carbocycles. The first kappa shape index (κ1) is 23.6. The highest BCUT2D eigenvalue weighted by Crippen LogP contribution is 2.20. The number of para-hydroxylation sites is 1. The van der Waals surface area contributed by atoms with E-state index in [9.17, 15) is 18.0 Å². The second kappa shape index (κ2) is 8.84. The van der Waals surface area contributed by atoms with Crippen molar-refractivity contribution in [3.05, 3.63) is 69.8 Å². The van der Waals surface area contributed by atoms with Crippen LogP contribution in [0.25, 0.3) is 10.9 Å². The minimum atomic E-state index is -3.79. The van der Waals surface area contributed by atoms with Gasteiger partial charge < -0.3 is 9.88 Å². The van der Waals surface area contributed by atoms with Gasteiger partial charge in [0, 0.05) is 17.6 Å². The fraction of sp³-hybridized carbons (Fsp3) is 0.348. The zero-order valence-electron chi connectivity index (χ0n) is 18.9. The Hall–Kier alpha value is -3.04.